The van der Waals surface area contributed by atoms with E-state index in [-0.39, 0.29) is 17.1 Å². The van der Waals surface area contributed by atoms with Crippen molar-refractivity contribution >= 4 is 37.5 Å². The van der Waals surface area contributed by atoms with Crippen LogP contribution >= 0.6 is 11.3 Å². The number of nitrogens with zero attached hydrogens (tertiary/aromatic N) is 3. The summed E-state index contributed by atoms with van der Waals surface area (Å²) in [6, 6.07) is 9.71. The number of aryl methyl sites for hydroxylation is 1. The van der Waals surface area contributed by atoms with Gasteiger partial charge in [0, 0.05) is 37.3 Å². The van der Waals surface area contributed by atoms with Gasteiger partial charge in [0.05, 0.1) is 41.5 Å². The number of rotatable bonds is 7. The molecule has 1 fully saturated rings. The molecule has 0 spiro atoms. The Bertz CT molecular complexity index is 1420. The molecule has 0 aliphatic carbocycles. The molecule has 0 radical (unpaired) electrons. The monoisotopic (exact) mass is 533 g/mol. The topological polar surface area (TPSA) is 99.4 Å². The molecule has 1 aliphatic heterocycles. The Labute approximate surface area is 215 Å². The van der Waals surface area contributed by atoms with Crippen LogP contribution in [0.15, 0.2) is 46.3 Å². The highest BCUT2D eigenvalue weighted by molar-refractivity contribution is 7.89. The quantitative estimate of drug-likeness (QED) is 0.460. The summed E-state index contributed by atoms with van der Waals surface area (Å²) < 4.78 is 47.1. The zero-order valence-electron chi connectivity index (χ0n) is 21.1. The highest BCUT2D eigenvalue weighted by atomic mass is 32.2. The molecule has 1 aromatic heterocycles. The van der Waals surface area contributed by atoms with Crippen molar-refractivity contribution in [3.8, 4) is 11.5 Å². The van der Waals surface area contributed by atoms with Crippen molar-refractivity contribution in [2.75, 3.05) is 27.3 Å². The van der Waals surface area contributed by atoms with Crippen LogP contribution in [0.3, 0.4) is 0 Å². The third kappa shape index (κ3) is 5.19. The number of carbonyl (C=O) groups is 1. The molecule has 4 rings (SSSR count). The Kier molecular flexibility index (Phi) is 7.84. The van der Waals surface area contributed by atoms with Gasteiger partial charge < -0.3 is 18.8 Å². The summed E-state index contributed by atoms with van der Waals surface area (Å²) in [5, 5.41) is 0. The van der Waals surface area contributed by atoms with Gasteiger partial charge in [0.15, 0.2) is 16.3 Å². The lowest BCUT2D eigenvalue weighted by Crippen LogP contribution is -2.48. The lowest BCUT2D eigenvalue weighted by molar-refractivity contribution is -0.0440. The van der Waals surface area contributed by atoms with Crippen molar-refractivity contribution in [1.29, 1.82) is 0 Å². The zero-order valence-corrected chi connectivity index (χ0v) is 22.7. The molecule has 2 heterocycles. The fourth-order valence-corrected chi connectivity index (χ4v) is 6.97. The Balaban J connectivity index is 1.66. The third-order valence-corrected chi connectivity index (χ3v) is 8.84. The minimum absolute atomic E-state index is 0.141. The van der Waals surface area contributed by atoms with Crippen LogP contribution in [0.25, 0.3) is 10.2 Å². The number of hydrogen-bond donors (Lipinski definition) is 0. The largest absolute Gasteiger partial charge is 0.493 e. The second kappa shape index (κ2) is 10.7. The second-order valence-electron chi connectivity index (χ2n) is 8.73. The van der Waals surface area contributed by atoms with E-state index in [1.54, 1.807) is 14.2 Å². The van der Waals surface area contributed by atoms with Gasteiger partial charge in [-0.1, -0.05) is 18.3 Å². The van der Waals surface area contributed by atoms with E-state index in [0.29, 0.717) is 41.5 Å². The summed E-state index contributed by atoms with van der Waals surface area (Å²) in [6.07, 6.45) is 0.492. The van der Waals surface area contributed by atoms with Gasteiger partial charge in [0.25, 0.3) is 5.91 Å². The Hall–Kier alpha value is -2.73. The first-order valence-electron chi connectivity index (χ1n) is 11.8. The van der Waals surface area contributed by atoms with E-state index in [9.17, 15) is 13.2 Å². The van der Waals surface area contributed by atoms with E-state index in [2.05, 4.69) is 11.9 Å². The van der Waals surface area contributed by atoms with E-state index in [1.807, 2.05) is 30.5 Å². The van der Waals surface area contributed by atoms with E-state index < -0.39 is 15.9 Å². The molecule has 3 aromatic rings. The summed E-state index contributed by atoms with van der Waals surface area (Å²) in [7, 11) is -0.526. The molecule has 36 heavy (non-hydrogen) atoms. The van der Waals surface area contributed by atoms with Gasteiger partial charge in [-0.25, -0.2) is 8.42 Å². The average molecular weight is 534 g/mol. The van der Waals surface area contributed by atoms with Crippen LogP contribution in [-0.2, 0) is 21.3 Å². The molecule has 0 unspecified atom stereocenters. The number of amides is 1. The Morgan fingerprint density at radius 2 is 1.69 bits per heavy atom. The molecule has 1 saturated heterocycles. The van der Waals surface area contributed by atoms with Crippen molar-refractivity contribution in [3.05, 3.63) is 46.8 Å². The molecular formula is C25H31N3O6S2. The maximum Gasteiger partial charge on any atom is 0.279 e. The van der Waals surface area contributed by atoms with Crippen LogP contribution in [0.5, 0.6) is 11.5 Å². The average Bonchev–Trinajstić information content (AvgIpc) is 3.18. The predicted molar refractivity (Wildman–Crippen MR) is 138 cm³/mol. The molecule has 1 aliphatic rings. The smallest absolute Gasteiger partial charge is 0.279 e. The predicted octanol–water partition coefficient (Wildman–Crippen LogP) is 3.67. The number of benzene rings is 2. The van der Waals surface area contributed by atoms with E-state index in [1.165, 1.54) is 39.9 Å². The second-order valence-corrected chi connectivity index (χ2v) is 11.7. The highest BCUT2D eigenvalue weighted by Gasteiger charge is 2.32. The highest BCUT2D eigenvalue weighted by Crippen LogP contribution is 2.33. The number of hydrogen-bond acceptors (Lipinski definition) is 7. The maximum atomic E-state index is 13.1. The summed E-state index contributed by atoms with van der Waals surface area (Å²) >= 11 is 1.39. The van der Waals surface area contributed by atoms with Crippen molar-refractivity contribution < 1.29 is 27.4 Å². The van der Waals surface area contributed by atoms with E-state index in [0.717, 1.165) is 16.6 Å². The summed E-state index contributed by atoms with van der Waals surface area (Å²) in [5.41, 5.74) is 1.22. The molecule has 2 atom stereocenters. The Morgan fingerprint density at radius 3 is 2.28 bits per heavy atom. The first kappa shape index (κ1) is 26.3. The van der Waals surface area contributed by atoms with Crippen LogP contribution < -0.4 is 14.3 Å². The molecule has 0 N–H and O–H groups in total. The van der Waals surface area contributed by atoms with Crippen LogP contribution in [0, 0.1) is 0 Å². The van der Waals surface area contributed by atoms with Crippen molar-refractivity contribution in [2.24, 2.45) is 4.99 Å². The minimum atomic E-state index is -3.69. The van der Waals surface area contributed by atoms with Gasteiger partial charge in [-0.2, -0.15) is 9.30 Å². The third-order valence-electron chi connectivity index (χ3n) is 5.96. The summed E-state index contributed by atoms with van der Waals surface area (Å²) in [4.78, 5) is 18.1. The molecule has 0 saturated carbocycles. The van der Waals surface area contributed by atoms with Crippen molar-refractivity contribution in [3.63, 3.8) is 0 Å². The van der Waals surface area contributed by atoms with Gasteiger partial charge in [-0.05, 0) is 44.5 Å². The molecular weight excluding hydrogens is 502 g/mol. The molecule has 9 nitrogen and oxygen atoms in total. The first-order valence-corrected chi connectivity index (χ1v) is 14.0. The number of morpholine rings is 1. The fraction of sp³-hybridized carbons (Fsp3) is 0.440. The van der Waals surface area contributed by atoms with Crippen LogP contribution in [0.1, 0.15) is 37.6 Å². The van der Waals surface area contributed by atoms with E-state index >= 15 is 0 Å². The van der Waals surface area contributed by atoms with Gasteiger partial charge in [-0.15, -0.1) is 0 Å². The van der Waals surface area contributed by atoms with Crippen LogP contribution in [-0.4, -0.2) is 62.7 Å². The van der Waals surface area contributed by atoms with Gasteiger partial charge in [-0.3, -0.25) is 4.79 Å². The van der Waals surface area contributed by atoms with Gasteiger partial charge in [0.1, 0.15) is 0 Å². The number of aromatic nitrogens is 1. The molecule has 11 heteroatoms. The normalized spacial score (nSPS) is 19.5. The molecule has 2 aromatic carbocycles. The van der Waals surface area contributed by atoms with Gasteiger partial charge >= 0.3 is 0 Å². The lowest BCUT2D eigenvalue weighted by Gasteiger charge is -2.34. The van der Waals surface area contributed by atoms with E-state index in [4.69, 9.17) is 14.2 Å². The van der Waals surface area contributed by atoms with Gasteiger partial charge in [0.2, 0.25) is 10.0 Å². The summed E-state index contributed by atoms with van der Waals surface area (Å²) in [6.45, 7) is 7.02. The number of carbonyl (C=O) groups excluding carboxylic acids is 1. The molecule has 0 bridgehead atoms. The minimum Gasteiger partial charge on any atom is -0.493 e. The zero-order chi connectivity index (χ0) is 26.0. The number of sulfonamides is 1. The SMILES string of the molecule is CCCn1c(=NC(=O)c2ccc(S(=O)(=O)N3C[C@@H](C)O[C@@H](C)C3)cc2)sc2cc(OC)c(OC)cc21. The van der Waals surface area contributed by atoms with Crippen LogP contribution in [0.2, 0.25) is 0 Å². The first-order chi connectivity index (χ1) is 17.2. The Morgan fingerprint density at radius 1 is 1.08 bits per heavy atom. The number of thiazole rings is 1. The standard InChI is InChI=1S/C25H31N3O6S2/c1-6-11-28-20-12-21(32-4)22(33-5)13-23(20)35-25(28)26-24(29)18-7-9-19(10-8-18)36(30,31)27-14-16(2)34-17(3)15-27/h7-10,12-13,16-17H,6,11,14-15H2,1-5H3/t16-,17+. The summed E-state index contributed by atoms with van der Waals surface area (Å²) in [5.74, 6) is 0.767. The fourth-order valence-electron chi connectivity index (χ4n) is 4.32. The van der Waals surface area contributed by atoms with Crippen molar-refractivity contribution in [1.82, 2.24) is 8.87 Å². The molecule has 194 valence electrons. The lowest BCUT2D eigenvalue weighted by atomic mass is 10.2. The number of ether oxygens (including phenoxy) is 3. The molecule has 1 amide bonds. The van der Waals surface area contributed by atoms with Crippen LogP contribution in [0.4, 0.5) is 0 Å². The maximum absolute atomic E-state index is 13.1. The number of methoxy groups -OCH3 is 2. The van der Waals surface area contributed by atoms with Crippen molar-refractivity contribution in [2.45, 2.75) is 50.8 Å². The number of fused-ring (bicyclic) bond motifs is 1.